The van der Waals surface area contributed by atoms with Gasteiger partial charge in [0.15, 0.2) is 5.78 Å². The van der Waals surface area contributed by atoms with Crippen molar-refractivity contribution in [1.29, 1.82) is 0 Å². The molecule has 0 fully saturated rings. The van der Waals surface area contributed by atoms with Crippen LogP contribution >= 0.6 is 0 Å². The summed E-state index contributed by atoms with van der Waals surface area (Å²) in [5, 5.41) is 0. The number of benzene rings is 2. The molecule has 0 saturated heterocycles. The van der Waals surface area contributed by atoms with Crippen molar-refractivity contribution in [1.82, 2.24) is 0 Å². The minimum atomic E-state index is -0.439. The topological polar surface area (TPSA) is 17.1 Å². The maximum absolute atomic E-state index is 13.6. The molecule has 0 bridgehead atoms. The summed E-state index contributed by atoms with van der Waals surface area (Å²) in [5.41, 5.74) is 1.88. The summed E-state index contributed by atoms with van der Waals surface area (Å²) < 4.78 is 13.6. The fourth-order valence-corrected chi connectivity index (χ4v) is 1.72. The molecule has 0 atom stereocenters. The van der Waals surface area contributed by atoms with Gasteiger partial charge in [-0.3, -0.25) is 4.79 Å². The SMILES string of the molecule is Cc1ccc(C(=O)Cc2ccccc2)c(F)c1. The van der Waals surface area contributed by atoms with Crippen molar-refractivity contribution in [2.24, 2.45) is 0 Å². The normalized spacial score (nSPS) is 10.2. The Morgan fingerprint density at radius 2 is 1.82 bits per heavy atom. The van der Waals surface area contributed by atoms with Gasteiger partial charge in [-0.25, -0.2) is 4.39 Å². The molecule has 0 heterocycles. The zero-order valence-corrected chi connectivity index (χ0v) is 9.61. The lowest BCUT2D eigenvalue weighted by Gasteiger charge is -2.03. The molecule has 0 unspecified atom stereocenters. The van der Waals surface area contributed by atoms with Crippen LogP contribution in [0.5, 0.6) is 0 Å². The first kappa shape index (κ1) is 11.5. The van der Waals surface area contributed by atoms with Crippen LogP contribution in [0.3, 0.4) is 0 Å². The molecule has 2 aromatic carbocycles. The highest BCUT2D eigenvalue weighted by atomic mass is 19.1. The summed E-state index contributed by atoms with van der Waals surface area (Å²) in [6.07, 6.45) is 0.237. The third-order valence-corrected chi connectivity index (χ3v) is 2.63. The Morgan fingerprint density at radius 1 is 1.12 bits per heavy atom. The average molecular weight is 228 g/mol. The molecule has 0 aromatic heterocycles. The van der Waals surface area contributed by atoms with E-state index in [1.165, 1.54) is 6.07 Å². The Morgan fingerprint density at radius 3 is 2.47 bits per heavy atom. The van der Waals surface area contributed by atoms with Crippen LogP contribution in [0.15, 0.2) is 48.5 Å². The van der Waals surface area contributed by atoms with E-state index in [9.17, 15) is 9.18 Å². The maximum atomic E-state index is 13.6. The van der Waals surface area contributed by atoms with Gasteiger partial charge in [0.2, 0.25) is 0 Å². The van der Waals surface area contributed by atoms with E-state index in [0.29, 0.717) is 0 Å². The highest BCUT2D eigenvalue weighted by molar-refractivity contribution is 5.97. The third kappa shape index (κ3) is 2.78. The molecule has 0 radical (unpaired) electrons. The van der Waals surface area contributed by atoms with E-state index in [4.69, 9.17) is 0 Å². The predicted molar refractivity (Wildman–Crippen MR) is 65.6 cm³/mol. The van der Waals surface area contributed by atoms with E-state index in [2.05, 4.69) is 0 Å². The van der Waals surface area contributed by atoms with Crippen molar-refractivity contribution in [3.8, 4) is 0 Å². The van der Waals surface area contributed by atoms with E-state index in [1.54, 1.807) is 19.1 Å². The Bertz CT molecular complexity index is 532. The summed E-state index contributed by atoms with van der Waals surface area (Å²) >= 11 is 0. The summed E-state index contributed by atoms with van der Waals surface area (Å²) in [4.78, 5) is 11.9. The second-order valence-electron chi connectivity index (χ2n) is 4.07. The van der Waals surface area contributed by atoms with Gasteiger partial charge in [-0.15, -0.1) is 0 Å². The number of carbonyl (C=O) groups is 1. The molecule has 17 heavy (non-hydrogen) atoms. The molecule has 0 aliphatic rings. The number of aryl methyl sites for hydroxylation is 1. The van der Waals surface area contributed by atoms with E-state index in [-0.39, 0.29) is 17.8 Å². The molecular formula is C15H13FO. The molecule has 1 nitrogen and oxygen atoms in total. The monoisotopic (exact) mass is 228 g/mol. The smallest absolute Gasteiger partial charge is 0.170 e. The largest absolute Gasteiger partial charge is 0.294 e. The third-order valence-electron chi connectivity index (χ3n) is 2.63. The van der Waals surface area contributed by atoms with Crippen LogP contribution < -0.4 is 0 Å². The quantitative estimate of drug-likeness (QED) is 0.734. The Kier molecular flexibility index (Phi) is 3.33. The first-order valence-corrected chi connectivity index (χ1v) is 5.50. The van der Waals surface area contributed by atoms with Crippen molar-refractivity contribution < 1.29 is 9.18 Å². The van der Waals surface area contributed by atoms with E-state index < -0.39 is 5.82 Å². The highest BCUT2D eigenvalue weighted by Crippen LogP contribution is 2.13. The molecule has 0 amide bonds. The second-order valence-corrected chi connectivity index (χ2v) is 4.07. The second kappa shape index (κ2) is 4.91. The van der Waals surface area contributed by atoms with Gasteiger partial charge in [0.25, 0.3) is 0 Å². The van der Waals surface area contributed by atoms with Crippen LogP contribution in [0.4, 0.5) is 4.39 Å². The minimum absolute atomic E-state index is 0.166. The van der Waals surface area contributed by atoms with E-state index in [0.717, 1.165) is 11.1 Å². The number of hydrogen-bond acceptors (Lipinski definition) is 1. The molecule has 86 valence electrons. The van der Waals surface area contributed by atoms with Crippen LogP contribution in [0, 0.1) is 12.7 Å². The van der Waals surface area contributed by atoms with E-state index in [1.807, 2.05) is 30.3 Å². The Hall–Kier alpha value is -1.96. The van der Waals surface area contributed by atoms with Crippen LogP contribution in [0.1, 0.15) is 21.5 Å². The molecule has 2 aromatic rings. The Labute approximate surface area is 99.9 Å². The lowest BCUT2D eigenvalue weighted by Crippen LogP contribution is -2.06. The van der Waals surface area contributed by atoms with Gasteiger partial charge >= 0.3 is 0 Å². The lowest BCUT2D eigenvalue weighted by atomic mass is 10.0. The standard InChI is InChI=1S/C15H13FO/c1-11-7-8-13(14(16)9-11)15(17)10-12-5-3-2-4-6-12/h2-9H,10H2,1H3. The fourth-order valence-electron chi connectivity index (χ4n) is 1.72. The number of halogens is 1. The molecule has 0 aliphatic carbocycles. The Balaban J connectivity index is 2.21. The molecule has 0 aliphatic heterocycles. The van der Waals surface area contributed by atoms with Gasteiger partial charge in [0.05, 0.1) is 5.56 Å². The van der Waals surface area contributed by atoms with Crippen LogP contribution in [-0.2, 0) is 6.42 Å². The first-order chi connectivity index (χ1) is 8.16. The van der Waals surface area contributed by atoms with Crippen molar-refractivity contribution in [2.45, 2.75) is 13.3 Å². The van der Waals surface area contributed by atoms with E-state index >= 15 is 0 Å². The van der Waals surface area contributed by atoms with Gasteiger partial charge < -0.3 is 0 Å². The molecular weight excluding hydrogens is 215 g/mol. The van der Waals surface area contributed by atoms with Crippen LogP contribution in [0.2, 0.25) is 0 Å². The summed E-state index contributed by atoms with van der Waals surface area (Å²) in [6.45, 7) is 1.80. The highest BCUT2D eigenvalue weighted by Gasteiger charge is 2.11. The number of ketones is 1. The molecule has 2 heteroatoms. The summed E-state index contributed by atoms with van der Waals surface area (Å²) in [7, 11) is 0. The van der Waals surface area contributed by atoms with Crippen molar-refractivity contribution in [2.75, 3.05) is 0 Å². The van der Waals surface area contributed by atoms with Gasteiger partial charge in [0.1, 0.15) is 5.82 Å². The minimum Gasteiger partial charge on any atom is -0.294 e. The number of carbonyl (C=O) groups excluding carboxylic acids is 1. The molecule has 0 spiro atoms. The molecule has 2 rings (SSSR count). The zero-order chi connectivity index (χ0) is 12.3. The maximum Gasteiger partial charge on any atom is 0.170 e. The summed E-state index contributed by atoms with van der Waals surface area (Å²) in [6, 6.07) is 14.0. The molecule has 0 saturated carbocycles. The number of hydrogen-bond donors (Lipinski definition) is 0. The van der Waals surface area contributed by atoms with Crippen molar-refractivity contribution in [3.05, 3.63) is 71.0 Å². The predicted octanol–water partition coefficient (Wildman–Crippen LogP) is 3.56. The average Bonchev–Trinajstić information content (AvgIpc) is 2.30. The van der Waals surface area contributed by atoms with Crippen LogP contribution in [0.25, 0.3) is 0 Å². The number of rotatable bonds is 3. The fraction of sp³-hybridized carbons (Fsp3) is 0.133. The van der Waals surface area contributed by atoms with Crippen molar-refractivity contribution >= 4 is 5.78 Å². The van der Waals surface area contributed by atoms with Gasteiger partial charge in [0, 0.05) is 6.42 Å². The number of Topliss-reactive ketones (excluding diaryl/α,β-unsaturated/α-hetero) is 1. The summed E-state index contributed by atoms with van der Waals surface area (Å²) in [5.74, 6) is -0.625. The first-order valence-electron chi connectivity index (χ1n) is 5.50. The van der Waals surface area contributed by atoms with Gasteiger partial charge in [-0.05, 0) is 30.2 Å². The van der Waals surface area contributed by atoms with Gasteiger partial charge in [-0.1, -0.05) is 36.4 Å². The van der Waals surface area contributed by atoms with Gasteiger partial charge in [-0.2, -0.15) is 0 Å². The van der Waals surface area contributed by atoms with Crippen LogP contribution in [-0.4, -0.2) is 5.78 Å². The molecule has 0 N–H and O–H groups in total. The lowest BCUT2D eigenvalue weighted by molar-refractivity contribution is 0.0989. The van der Waals surface area contributed by atoms with Crippen molar-refractivity contribution in [3.63, 3.8) is 0 Å². The zero-order valence-electron chi connectivity index (χ0n) is 9.61.